The van der Waals surface area contributed by atoms with Crippen LogP contribution in [-0.2, 0) is 4.79 Å². The largest absolute Gasteiger partial charge is 1.00 e. The Labute approximate surface area is 114 Å². The maximum Gasteiger partial charge on any atom is 1.00 e. The average molecular weight is 234 g/mol. The van der Waals surface area contributed by atoms with Gasteiger partial charge in [0.1, 0.15) is 5.54 Å². The fourth-order valence-electron chi connectivity index (χ4n) is 0.367. The van der Waals surface area contributed by atoms with E-state index in [0.717, 1.165) is 6.92 Å². The first-order chi connectivity index (χ1) is 4.45. The van der Waals surface area contributed by atoms with Crippen molar-refractivity contribution < 1.29 is 78.5 Å². The number of carbonyl (C=O) groups excluding carboxylic acids is 1. The molecule has 0 saturated heterocycles. The second-order valence-corrected chi connectivity index (χ2v) is 2.20. The first-order valence-corrected chi connectivity index (χ1v) is 2.84. The van der Waals surface area contributed by atoms with Crippen molar-refractivity contribution in [3.63, 3.8) is 0 Å². The number of carboxylic acid groups (broad SMARTS) is 1. The van der Waals surface area contributed by atoms with Crippen LogP contribution in [0.3, 0.4) is 0 Å². The summed E-state index contributed by atoms with van der Waals surface area (Å²) in [4.78, 5) is 10.2. The molecule has 0 aliphatic carbocycles. The van der Waals surface area contributed by atoms with Crippen LogP contribution < -0.4 is 63.3 Å². The summed E-state index contributed by atoms with van der Waals surface area (Å²) in [5, 5.41) is 26.7. The van der Waals surface area contributed by atoms with E-state index in [9.17, 15) is 9.90 Å². The second kappa shape index (κ2) is 5.74. The SMILES string of the molecule is CCC(C)(C(=O)[O-])N(O)O.[Rb+]. The third-order valence-electron chi connectivity index (χ3n) is 1.57. The van der Waals surface area contributed by atoms with Crippen LogP contribution in [0.2, 0.25) is 0 Å². The summed E-state index contributed by atoms with van der Waals surface area (Å²) in [6.07, 6.45) is 0.0579. The smallest absolute Gasteiger partial charge is 0.548 e. The number of hydroxylamine groups is 2. The predicted octanol–water partition coefficient (Wildman–Crippen LogP) is -4.01. The third kappa shape index (κ3) is 3.58. The normalized spacial score (nSPS) is 15.4. The van der Waals surface area contributed by atoms with E-state index in [0.29, 0.717) is 0 Å². The summed E-state index contributed by atoms with van der Waals surface area (Å²) in [6.45, 7) is 2.66. The molecule has 0 radical (unpaired) electrons. The predicted molar refractivity (Wildman–Crippen MR) is 29.1 cm³/mol. The van der Waals surface area contributed by atoms with Crippen LogP contribution in [0.4, 0.5) is 0 Å². The average Bonchev–Trinajstić information content (AvgIpc) is 1.85. The minimum Gasteiger partial charge on any atom is -0.548 e. The summed E-state index contributed by atoms with van der Waals surface area (Å²) < 4.78 is 0. The quantitative estimate of drug-likeness (QED) is 0.486. The number of carboxylic acids is 1. The molecule has 11 heavy (non-hydrogen) atoms. The molecule has 0 spiro atoms. The van der Waals surface area contributed by atoms with Gasteiger partial charge < -0.3 is 9.90 Å². The van der Waals surface area contributed by atoms with Gasteiger partial charge in [0, 0.05) is 0 Å². The molecule has 0 bridgehead atoms. The molecule has 6 heteroatoms. The Kier molecular flexibility index (Phi) is 7.66. The number of hydrogen-bond acceptors (Lipinski definition) is 5. The fraction of sp³-hybridized carbons (Fsp3) is 0.800. The Hall–Kier alpha value is 1.16. The number of nitrogens with zero attached hydrogens (tertiary/aromatic N) is 1. The van der Waals surface area contributed by atoms with E-state index in [1.807, 2.05) is 0 Å². The molecule has 0 aromatic heterocycles. The molecule has 0 aromatic rings. The number of aliphatic carboxylic acids is 1. The van der Waals surface area contributed by atoms with Gasteiger partial charge in [0.05, 0.1) is 5.97 Å². The van der Waals surface area contributed by atoms with Gasteiger partial charge in [-0.05, 0) is 13.3 Å². The zero-order valence-electron chi connectivity index (χ0n) is 6.87. The van der Waals surface area contributed by atoms with Gasteiger partial charge in [-0.3, -0.25) is 10.4 Å². The van der Waals surface area contributed by atoms with Crippen LogP contribution in [-0.4, -0.2) is 27.1 Å². The maximum absolute atomic E-state index is 10.2. The van der Waals surface area contributed by atoms with Crippen LogP contribution in [0.25, 0.3) is 0 Å². The van der Waals surface area contributed by atoms with E-state index in [1.54, 1.807) is 0 Å². The zero-order chi connectivity index (χ0) is 8.36. The van der Waals surface area contributed by atoms with E-state index in [4.69, 9.17) is 10.4 Å². The van der Waals surface area contributed by atoms with Crippen molar-refractivity contribution in [2.45, 2.75) is 25.8 Å². The second-order valence-electron chi connectivity index (χ2n) is 2.20. The molecule has 60 valence electrons. The molecular weight excluding hydrogens is 224 g/mol. The minimum atomic E-state index is -1.71. The van der Waals surface area contributed by atoms with Crippen LogP contribution in [0, 0.1) is 0 Å². The number of hydrogen-bond donors (Lipinski definition) is 2. The Morgan fingerprint density at radius 1 is 1.64 bits per heavy atom. The Morgan fingerprint density at radius 2 is 2.00 bits per heavy atom. The Bertz CT molecular complexity index is 140. The molecule has 0 heterocycles. The topological polar surface area (TPSA) is 83.8 Å². The minimum absolute atomic E-state index is 0. The molecule has 0 saturated carbocycles. The monoisotopic (exact) mass is 233 g/mol. The van der Waals surface area contributed by atoms with Gasteiger partial charge in [0.25, 0.3) is 0 Å². The molecule has 1 unspecified atom stereocenters. The van der Waals surface area contributed by atoms with Crippen molar-refractivity contribution in [1.29, 1.82) is 0 Å². The van der Waals surface area contributed by atoms with Gasteiger partial charge in [0.2, 0.25) is 0 Å². The van der Waals surface area contributed by atoms with E-state index < -0.39 is 11.5 Å². The number of carbonyl (C=O) groups is 1. The summed E-state index contributed by atoms with van der Waals surface area (Å²) >= 11 is 0. The molecular formula is C5H10NO4Rb. The van der Waals surface area contributed by atoms with E-state index in [2.05, 4.69) is 0 Å². The van der Waals surface area contributed by atoms with Gasteiger partial charge in [-0.15, -0.1) is 0 Å². The van der Waals surface area contributed by atoms with Crippen LogP contribution in [0.5, 0.6) is 0 Å². The van der Waals surface area contributed by atoms with E-state index in [-0.39, 0.29) is 69.8 Å². The Morgan fingerprint density at radius 3 is 2.00 bits per heavy atom. The van der Waals surface area contributed by atoms with Gasteiger partial charge in [-0.2, -0.15) is 0 Å². The van der Waals surface area contributed by atoms with Crippen molar-refractivity contribution in [2.75, 3.05) is 0 Å². The van der Waals surface area contributed by atoms with Crippen molar-refractivity contribution in [3.05, 3.63) is 0 Å². The summed E-state index contributed by atoms with van der Waals surface area (Å²) in [6, 6.07) is 0. The molecule has 1 atom stereocenters. The third-order valence-corrected chi connectivity index (χ3v) is 1.57. The zero-order valence-corrected chi connectivity index (χ0v) is 11.8. The van der Waals surface area contributed by atoms with Crippen molar-refractivity contribution in [2.24, 2.45) is 0 Å². The molecule has 5 nitrogen and oxygen atoms in total. The first-order valence-electron chi connectivity index (χ1n) is 2.84. The summed E-state index contributed by atoms with van der Waals surface area (Å²) in [5.41, 5.74) is -1.71. The summed E-state index contributed by atoms with van der Waals surface area (Å²) in [7, 11) is 0. The van der Waals surface area contributed by atoms with Gasteiger partial charge in [-0.25, -0.2) is 0 Å². The Balaban J connectivity index is 0. The van der Waals surface area contributed by atoms with E-state index >= 15 is 0 Å². The molecule has 2 N–H and O–H groups in total. The van der Waals surface area contributed by atoms with E-state index in [1.165, 1.54) is 6.92 Å². The molecule has 0 fully saturated rings. The van der Waals surface area contributed by atoms with Crippen LogP contribution in [0.15, 0.2) is 0 Å². The fourth-order valence-corrected chi connectivity index (χ4v) is 0.367. The number of rotatable bonds is 3. The maximum atomic E-state index is 10.2. The van der Waals surface area contributed by atoms with Crippen molar-refractivity contribution >= 4 is 5.97 Å². The van der Waals surface area contributed by atoms with Crippen molar-refractivity contribution in [3.8, 4) is 0 Å². The van der Waals surface area contributed by atoms with Gasteiger partial charge in [-0.1, -0.05) is 12.2 Å². The standard InChI is InChI=1S/C5H11NO4.Rb/c1-3-5(2,4(7)8)6(9)10;/h9-10H,3H2,1-2H3,(H,7,8);/q;+1/p-1. The molecule has 0 rings (SSSR count). The molecule has 0 aliphatic heterocycles. The molecule has 0 aliphatic rings. The van der Waals surface area contributed by atoms with Gasteiger partial charge in [0.15, 0.2) is 0 Å². The molecule has 0 amide bonds. The molecule has 0 aromatic carbocycles. The first kappa shape index (κ1) is 14.7. The van der Waals surface area contributed by atoms with Crippen LogP contribution in [0.1, 0.15) is 20.3 Å². The van der Waals surface area contributed by atoms with Crippen LogP contribution >= 0.6 is 0 Å². The van der Waals surface area contributed by atoms with Gasteiger partial charge >= 0.3 is 58.2 Å². The summed E-state index contributed by atoms with van der Waals surface area (Å²) in [5.74, 6) is -1.51. The van der Waals surface area contributed by atoms with Crippen molar-refractivity contribution in [1.82, 2.24) is 5.23 Å².